The molecule has 1 saturated heterocycles. The van der Waals surface area contributed by atoms with Crippen LogP contribution in [0.3, 0.4) is 0 Å². The van der Waals surface area contributed by atoms with E-state index in [0.29, 0.717) is 19.2 Å². The first-order valence-corrected chi connectivity index (χ1v) is 9.62. The lowest BCUT2D eigenvalue weighted by Crippen LogP contribution is -2.49. The van der Waals surface area contributed by atoms with Gasteiger partial charge in [0, 0.05) is 37.2 Å². The molecule has 1 aliphatic heterocycles. The molecule has 2 heterocycles. The van der Waals surface area contributed by atoms with Gasteiger partial charge in [-0.15, -0.1) is 0 Å². The Balaban J connectivity index is 1.35. The van der Waals surface area contributed by atoms with Crippen molar-refractivity contribution >= 4 is 5.91 Å². The Kier molecular flexibility index (Phi) is 5.17. The maximum absolute atomic E-state index is 13.0. The molecule has 0 bridgehead atoms. The summed E-state index contributed by atoms with van der Waals surface area (Å²) in [5.74, 6) is 0.274. The van der Waals surface area contributed by atoms with E-state index >= 15 is 0 Å². The molecule has 1 unspecified atom stereocenters. The van der Waals surface area contributed by atoms with Gasteiger partial charge in [-0.3, -0.25) is 14.4 Å². The highest BCUT2D eigenvalue weighted by atomic mass is 16.5. The maximum atomic E-state index is 13.0. The van der Waals surface area contributed by atoms with Crippen LogP contribution >= 0.6 is 0 Å². The smallest absolute Gasteiger partial charge is 0.241 e. The quantitative estimate of drug-likeness (QED) is 0.792. The fourth-order valence-electron chi connectivity index (χ4n) is 3.89. The monoisotopic (exact) mass is 344 g/mol. The minimum Gasteiger partial charge on any atom is -0.374 e. The fraction of sp³-hybridized carbons (Fsp3) is 0.684. The Morgan fingerprint density at radius 2 is 2.28 bits per heavy atom. The van der Waals surface area contributed by atoms with Crippen molar-refractivity contribution in [2.24, 2.45) is 0 Å². The Hall–Kier alpha value is -1.66. The number of amides is 1. The topological polar surface area (TPSA) is 50.6 Å². The lowest BCUT2D eigenvalue weighted by atomic mass is 10.0. The molecule has 1 amide bonds. The summed E-state index contributed by atoms with van der Waals surface area (Å²) < 4.78 is 7.76. The second-order valence-corrected chi connectivity index (χ2v) is 7.39. The van der Waals surface area contributed by atoms with Gasteiger partial charge in [-0.1, -0.05) is 6.08 Å². The SMILES string of the molecule is O=C(CN1CCOC(Cn2cccn2)C1)N(C1=CCCCC1)C1CC1. The minimum absolute atomic E-state index is 0.102. The van der Waals surface area contributed by atoms with Gasteiger partial charge in [0.05, 0.1) is 25.8 Å². The standard InChI is InChI=1S/C19H28N4O2/c24-19(23(17-7-8-17)16-5-2-1-3-6-16)15-21-11-12-25-18(13-21)14-22-10-4-9-20-22/h4-5,9-10,17-18H,1-3,6-8,11-15H2. The molecule has 1 saturated carbocycles. The van der Waals surface area contributed by atoms with E-state index in [1.54, 1.807) is 6.20 Å². The molecule has 0 aromatic carbocycles. The van der Waals surface area contributed by atoms with Crippen LogP contribution in [0.5, 0.6) is 0 Å². The highest BCUT2D eigenvalue weighted by molar-refractivity contribution is 5.80. The normalized spacial score (nSPS) is 24.8. The number of carbonyl (C=O) groups excluding carboxylic acids is 1. The number of aromatic nitrogens is 2. The Labute approximate surface area is 149 Å². The molecule has 1 aromatic rings. The van der Waals surface area contributed by atoms with Crippen molar-refractivity contribution in [1.82, 2.24) is 19.6 Å². The molecule has 1 aromatic heterocycles. The third kappa shape index (κ3) is 4.30. The predicted octanol–water partition coefficient (Wildman–Crippen LogP) is 2.03. The Morgan fingerprint density at radius 1 is 1.36 bits per heavy atom. The van der Waals surface area contributed by atoms with Gasteiger partial charge in [-0.05, 0) is 44.6 Å². The molecule has 0 spiro atoms. The Morgan fingerprint density at radius 3 is 3.00 bits per heavy atom. The van der Waals surface area contributed by atoms with Gasteiger partial charge >= 0.3 is 0 Å². The van der Waals surface area contributed by atoms with E-state index in [1.165, 1.54) is 18.5 Å². The van der Waals surface area contributed by atoms with Gasteiger partial charge < -0.3 is 9.64 Å². The molecule has 25 heavy (non-hydrogen) atoms. The van der Waals surface area contributed by atoms with Crippen LogP contribution in [0, 0.1) is 0 Å². The molecular weight excluding hydrogens is 316 g/mol. The van der Waals surface area contributed by atoms with Crippen LogP contribution in [0.4, 0.5) is 0 Å². The van der Waals surface area contributed by atoms with E-state index in [1.807, 2.05) is 16.9 Å². The van der Waals surface area contributed by atoms with Gasteiger partial charge in [-0.25, -0.2) is 0 Å². The third-order valence-corrected chi connectivity index (χ3v) is 5.29. The third-order valence-electron chi connectivity index (χ3n) is 5.29. The van der Waals surface area contributed by atoms with Crippen LogP contribution in [0.1, 0.15) is 38.5 Å². The summed E-state index contributed by atoms with van der Waals surface area (Å²) in [7, 11) is 0. The van der Waals surface area contributed by atoms with E-state index < -0.39 is 0 Å². The van der Waals surface area contributed by atoms with E-state index in [4.69, 9.17) is 4.74 Å². The molecule has 0 N–H and O–H groups in total. The highest BCUT2D eigenvalue weighted by Gasteiger charge is 2.36. The van der Waals surface area contributed by atoms with Crippen LogP contribution in [0.25, 0.3) is 0 Å². The maximum Gasteiger partial charge on any atom is 0.241 e. The van der Waals surface area contributed by atoms with Crippen LogP contribution < -0.4 is 0 Å². The van der Waals surface area contributed by atoms with E-state index in [0.717, 1.165) is 45.3 Å². The van der Waals surface area contributed by atoms with Crippen LogP contribution in [-0.2, 0) is 16.1 Å². The van der Waals surface area contributed by atoms with E-state index in [-0.39, 0.29) is 12.0 Å². The molecule has 2 aliphatic carbocycles. The van der Waals surface area contributed by atoms with Crippen molar-refractivity contribution in [2.75, 3.05) is 26.2 Å². The number of rotatable bonds is 6. The summed E-state index contributed by atoms with van der Waals surface area (Å²) in [6.07, 6.45) is 13.1. The number of morpholine rings is 1. The van der Waals surface area contributed by atoms with Gasteiger partial charge in [0.25, 0.3) is 0 Å². The first-order chi connectivity index (χ1) is 12.3. The number of allylic oxidation sites excluding steroid dienone is 2. The molecule has 6 nitrogen and oxygen atoms in total. The lowest BCUT2D eigenvalue weighted by Gasteiger charge is -2.35. The number of carbonyl (C=O) groups is 1. The first-order valence-electron chi connectivity index (χ1n) is 9.62. The summed E-state index contributed by atoms with van der Waals surface area (Å²) >= 11 is 0. The molecule has 4 rings (SSSR count). The number of ether oxygens (including phenoxy) is 1. The number of hydrogen-bond acceptors (Lipinski definition) is 4. The van der Waals surface area contributed by atoms with Crippen molar-refractivity contribution in [3.63, 3.8) is 0 Å². The molecule has 1 atom stereocenters. The minimum atomic E-state index is 0.102. The predicted molar refractivity (Wildman–Crippen MR) is 94.8 cm³/mol. The van der Waals surface area contributed by atoms with Crippen molar-refractivity contribution in [1.29, 1.82) is 0 Å². The van der Waals surface area contributed by atoms with Crippen molar-refractivity contribution < 1.29 is 9.53 Å². The van der Waals surface area contributed by atoms with Gasteiger partial charge in [0.2, 0.25) is 5.91 Å². The lowest BCUT2D eigenvalue weighted by molar-refractivity contribution is -0.133. The second kappa shape index (κ2) is 7.70. The van der Waals surface area contributed by atoms with Crippen molar-refractivity contribution in [2.45, 2.75) is 57.2 Å². The molecule has 136 valence electrons. The Bertz CT molecular complexity index is 609. The van der Waals surface area contributed by atoms with E-state index in [9.17, 15) is 4.79 Å². The fourth-order valence-corrected chi connectivity index (χ4v) is 3.89. The zero-order valence-electron chi connectivity index (χ0n) is 14.8. The molecule has 0 radical (unpaired) electrons. The average molecular weight is 344 g/mol. The summed E-state index contributed by atoms with van der Waals surface area (Å²) in [5, 5.41) is 4.25. The molecule has 3 aliphatic rings. The molecule has 6 heteroatoms. The van der Waals surface area contributed by atoms with Crippen LogP contribution in [0.15, 0.2) is 30.2 Å². The second-order valence-electron chi connectivity index (χ2n) is 7.39. The number of hydrogen-bond donors (Lipinski definition) is 0. The highest BCUT2D eigenvalue weighted by Crippen LogP contribution is 2.33. The van der Waals surface area contributed by atoms with Crippen LogP contribution in [-0.4, -0.2) is 63.9 Å². The number of nitrogens with zero attached hydrogens (tertiary/aromatic N) is 4. The summed E-state index contributed by atoms with van der Waals surface area (Å²) in [5.41, 5.74) is 1.28. The first kappa shape index (κ1) is 16.8. The summed E-state index contributed by atoms with van der Waals surface area (Å²) in [4.78, 5) is 17.4. The largest absolute Gasteiger partial charge is 0.374 e. The molecular formula is C19H28N4O2. The van der Waals surface area contributed by atoms with Crippen LogP contribution in [0.2, 0.25) is 0 Å². The van der Waals surface area contributed by atoms with Crippen molar-refractivity contribution in [3.8, 4) is 0 Å². The average Bonchev–Trinajstić information content (AvgIpc) is 3.32. The van der Waals surface area contributed by atoms with Gasteiger partial charge in [-0.2, -0.15) is 5.10 Å². The summed E-state index contributed by atoms with van der Waals surface area (Å²) in [6, 6.07) is 2.38. The summed E-state index contributed by atoms with van der Waals surface area (Å²) in [6.45, 7) is 3.56. The van der Waals surface area contributed by atoms with E-state index in [2.05, 4.69) is 21.0 Å². The van der Waals surface area contributed by atoms with Gasteiger partial charge in [0.15, 0.2) is 0 Å². The molecule has 2 fully saturated rings. The zero-order valence-corrected chi connectivity index (χ0v) is 14.8. The zero-order chi connectivity index (χ0) is 17.1. The van der Waals surface area contributed by atoms with Crippen molar-refractivity contribution in [3.05, 3.63) is 30.2 Å². The van der Waals surface area contributed by atoms with Gasteiger partial charge in [0.1, 0.15) is 0 Å².